The molecule has 0 saturated heterocycles. The minimum atomic E-state index is -0.528. The highest BCUT2D eigenvalue weighted by Gasteiger charge is 2.34. The van der Waals surface area contributed by atoms with Crippen LogP contribution in [0.2, 0.25) is 0 Å². The Labute approximate surface area is 194 Å². The van der Waals surface area contributed by atoms with Crippen molar-refractivity contribution in [2.45, 2.75) is 50.7 Å². The summed E-state index contributed by atoms with van der Waals surface area (Å²) in [6.07, 6.45) is 5.44. The van der Waals surface area contributed by atoms with E-state index in [1.54, 1.807) is 7.11 Å². The molecule has 1 aliphatic rings. The van der Waals surface area contributed by atoms with Crippen LogP contribution in [0.1, 0.15) is 59.7 Å². The van der Waals surface area contributed by atoms with Crippen LogP contribution in [0.5, 0.6) is 23.0 Å². The van der Waals surface area contributed by atoms with Gasteiger partial charge >= 0.3 is 5.97 Å². The minimum Gasteiger partial charge on any atom is -0.504 e. The standard InChI is InChI=1S/C17H24O5.C8H8O3/c1-17(9-5-4-6-13(11-17)20-2)22-16(19)12-7-8-14(18)15(10-12)21-3;1-11-8-4-6(5-9)2-3-7(8)10/h7-8,10,13,18H,4-6,9,11H2,1-3H3;2-5,10H,1H3. The molecule has 2 aromatic rings. The molecule has 3 rings (SSSR count). The lowest BCUT2D eigenvalue weighted by Gasteiger charge is -2.30. The van der Waals surface area contributed by atoms with Crippen LogP contribution >= 0.6 is 0 Å². The summed E-state index contributed by atoms with van der Waals surface area (Å²) in [7, 11) is 4.58. The molecular weight excluding hydrogens is 428 g/mol. The van der Waals surface area contributed by atoms with E-state index in [1.807, 2.05) is 6.92 Å². The lowest BCUT2D eigenvalue weighted by Crippen LogP contribution is -2.35. The molecule has 8 nitrogen and oxygen atoms in total. The van der Waals surface area contributed by atoms with E-state index in [-0.39, 0.29) is 23.4 Å². The molecular formula is C25H32O8. The fraction of sp³-hybridized carbons (Fsp3) is 0.440. The predicted octanol–water partition coefficient (Wildman–Crippen LogP) is 4.51. The van der Waals surface area contributed by atoms with Crippen molar-refractivity contribution in [3.63, 3.8) is 0 Å². The van der Waals surface area contributed by atoms with Gasteiger partial charge in [0, 0.05) is 19.1 Å². The largest absolute Gasteiger partial charge is 0.504 e. The van der Waals surface area contributed by atoms with E-state index < -0.39 is 11.6 Å². The molecule has 0 aromatic heterocycles. The van der Waals surface area contributed by atoms with Gasteiger partial charge in [-0.1, -0.05) is 6.42 Å². The zero-order valence-electron chi connectivity index (χ0n) is 19.5. The summed E-state index contributed by atoms with van der Waals surface area (Å²) in [4.78, 5) is 22.7. The van der Waals surface area contributed by atoms with Crippen LogP contribution in [0.25, 0.3) is 0 Å². The van der Waals surface area contributed by atoms with Crippen LogP contribution in [0.15, 0.2) is 36.4 Å². The molecule has 0 spiro atoms. The van der Waals surface area contributed by atoms with E-state index in [4.69, 9.17) is 24.1 Å². The molecule has 2 unspecified atom stereocenters. The second-order valence-electron chi connectivity index (χ2n) is 8.08. The van der Waals surface area contributed by atoms with Crippen LogP contribution in [-0.2, 0) is 9.47 Å². The van der Waals surface area contributed by atoms with E-state index in [0.717, 1.165) is 25.7 Å². The molecule has 0 aliphatic heterocycles. The van der Waals surface area contributed by atoms with Crippen molar-refractivity contribution < 1.29 is 38.7 Å². The Bertz CT molecular complexity index is 942. The molecule has 1 fully saturated rings. The van der Waals surface area contributed by atoms with Gasteiger partial charge in [-0.2, -0.15) is 0 Å². The van der Waals surface area contributed by atoms with Gasteiger partial charge in [-0.15, -0.1) is 0 Å². The van der Waals surface area contributed by atoms with E-state index in [9.17, 15) is 14.7 Å². The quantitative estimate of drug-likeness (QED) is 0.368. The number of carbonyl (C=O) groups is 2. The number of esters is 1. The number of ether oxygens (including phenoxy) is 4. The molecule has 8 heteroatoms. The van der Waals surface area contributed by atoms with Crippen molar-refractivity contribution >= 4 is 12.3 Å². The van der Waals surface area contributed by atoms with E-state index in [2.05, 4.69) is 0 Å². The molecule has 0 heterocycles. The molecule has 0 amide bonds. The first-order chi connectivity index (χ1) is 15.7. The lowest BCUT2D eigenvalue weighted by atomic mass is 9.95. The summed E-state index contributed by atoms with van der Waals surface area (Å²) in [5, 5.41) is 18.7. The van der Waals surface area contributed by atoms with Gasteiger partial charge in [0.15, 0.2) is 23.0 Å². The Balaban J connectivity index is 0.000000294. The van der Waals surface area contributed by atoms with Crippen molar-refractivity contribution in [2.24, 2.45) is 0 Å². The number of aromatic hydroxyl groups is 2. The molecule has 180 valence electrons. The third kappa shape index (κ3) is 7.39. The molecule has 2 atom stereocenters. The number of phenolic OH excluding ortho intramolecular Hbond substituents is 2. The first-order valence-corrected chi connectivity index (χ1v) is 10.7. The average Bonchev–Trinajstić information content (AvgIpc) is 3.01. The molecule has 2 aromatic carbocycles. The Hall–Kier alpha value is -3.26. The molecule has 2 N–H and O–H groups in total. The fourth-order valence-electron chi connectivity index (χ4n) is 3.71. The van der Waals surface area contributed by atoms with E-state index in [1.165, 1.54) is 50.6 Å². The maximum absolute atomic E-state index is 12.4. The molecule has 1 saturated carbocycles. The highest BCUT2D eigenvalue weighted by atomic mass is 16.6. The second-order valence-corrected chi connectivity index (χ2v) is 8.08. The summed E-state index contributed by atoms with van der Waals surface area (Å²) in [5.41, 5.74) is 0.327. The van der Waals surface area contributed by atoms with Gasteiger partial charge in [0.1, 0.15) is 11.9 Å². The monoisotopic (exact) mass is 460 g/mol. The first-order valence-electron chi connectivity index (χ1n) is 10.7. The highest BCUT2D eigenvalue weighted by Crippen LogP contribution is 2.33. The van der Waals surface area contributed by atoms with Gasteiger partial charge in [0.05, 0.1) is 25.9 Å². The summed E-state index contributed by atoms with van der Waals surface area (Å²) in [6, 6.07) is 8.87. The summed E-state index contributed by atoms with van der Waals surface area (Å²) in [5.74, 6) is 0.208. The van der Waals surface area contributed by atoms with Gasteiger partial charge in [-0.3, -0.25) is 4.79 Å². The van der Waals surface area contributed by atoms with Crippen LogP contribution in [0.4, 0.5) is 0 Å². The van der Waals surface area contributed by atoms with Crippen molar-refractivity contribution in [3.8, 4) is 23.0 Å². The minimum absolute atomic E-state index is 0.000764. The van der Waals surface area contributed by atoms with Gasteiger partial charge in [-0.05, 0) is 62.6 Å². The van der Waals surface area contributed by atoms with Crippen LogP contribution < -0.4 is 9.47 Å². The topological polar surface area (TPSA) is 112 Å². The summed E-state index contributed by atoms with van der Waals surface area (Å²) in [6.45, 7) is 1.96. The van der Waals surface area contributed by atoms with Crippen LogP contribution in [-0.4, -0.2) is 55.5 Å². The SMILES string of the molecule is COc1cc(C(=O)OC2(C)CCCCC(OC)C2)ccc1O.COc1cc(C=O)ccc1O. The number of phenols is 2. The smallest absolute Gasteiger partial charge is 0.338 e. The van der Waals surface area contributed by atoms with Gasteiger partial charge in [-0.25, -0.2) is 4.79 Å². The van der Waals surface area contributed by atoms with E-state index >= 15 is 0 Å². The Morgan fingerprint density at radius 3 is 2.24 bits per heavy atom. The normalized spacial score (nSPS) is 19.9. The van der Waals surface area contributed by atoms with Crippen LogP contribution in [0.3, 0.4) is 0 Å². The number of hydrogen-bond acceptors (Lipinski definition) is 8. The van der Waals surface area contributed by atoms with E-state index in [0.29, 0.717) is 29.6 Å². The number of methoxy groups -OCH3 is 3. The molecule has 0 radical (unpaired) electrons. The highest BCUT2D eigenvalue weighted by molar-refractivity contribution is 5.90. The number of benzene rings is 2. The Morgan fingerprint density at radius 2 is 1.64 bits per heavy atom. The number of hydrogen-bond donors (Lipinski definition) is 2. The lowest BCUT2D eigenvalue weighted by molar-refractivity contribution is -0.0396. The van der Waals surface area contributed by atoms with Crippen molar-refractivity contribution in [2.75, 3.05) is 21.3 Å². The number of carbonyl (C=O) groups excluding carboxylic acids is 2. The zero-order chi connectivity index (χ0) is 24.4. The van der Waals surface area contributed by atoms with Crippen LogP contribution in [0, 0.1) is 0 Å². The van der Waals surface area contributed by atoms with Gasteiger partial charge < -0.3 is 29.2 Å². The third-order valence-electron chi connectivity index (χ3n) is 5.57. The average molecular weight is 461 g/mol. The fourth-order valence-corrected chi connectivity index (χ4v) is 3.71. The summed E-state index contributed by atoms with van der Waals surface area (Å²) < 4.78 is 21.0. The Kier molecular flexibility index (Phi) is 9.54. The maximum Gasteiger partial charge on any atom is 0.338 e. The molecule has 1 aliphatic carbocycles. The first kappa shape index (κ1) is 26.0. The molecule has 0 bridgehead atoms. The van der Waals surface area contributed by atoms with Crippen molar-refractivity contribution in [1.29, 1.82) is 0 Å². The number of aldehydes is 1. The summed E-state index contributed by atoms with van der Waals surface area (Å²) >= 11 is 0. The number of rotatable bonds is 6. The Morgan fingerprint density at radius 1 is 1.00 bits per heavy atom. The zero-order valence-corrected chi connectivity index (χ0v) is 19.5. The third-order valence-corrected chi connectivity index (χ3v) is 5.57. The van der Waals surface area contributed by atoms with Crippen molar-refractivity contribution in [3.05, 3.63) is 47.5 Å². The van der Waals surface area contributed by atoms with Gasteiger partial charge in [0.2, 0.25) is 0 Å². The van der Waals surface area contributed by atoms with Crippen molar-refractivity contribution in [1.82, 2.24) is 0 Å². The van der Waals surface area contributed by atoms with Gasteiger partial charge in [0.25, 0.3) is 0 Å². The molecule has 33 heavy (non-hydrogen) atoms. The predicted molar refractivity (Wildman–Crippen MR) is 122 cm³/mol. The maximum atomic E-state index is 12.4. The second kappa shape index (κ2) is 12.1.